The first-order chi connectivity index (χ1) is 3.41. The zero-order chi connectivity index (χ0) is 5.54. The van der Waals surface area contributed by atoms with E-state index in [1.54, 1.807) is 0 Å². The summed E-state index contributed by atoms with van der Waals surface area (Å²) >= 11 is 0. The van der Waals surface area contributed by atoms with Gasteiger partial charge in [-0.25, -0.2) is 0 Å². The predicted molar refractivity (Wildman–Crippen MR) is 49.8 cm³/mol. The van der Waals surface area contributed by atoms with E-state index in [0.717, 1.165) is 0 Å². The van der Waals surface area contributed by atoms with Crippen LogP contribution in [0.5, 0.6) is 0 Å². The maximum atomic E-state index is 4.02. The molecule has 0 radical (unpaired) electrons. The second-order valence-electron chi connectivity index (χ2n) is 0.458. The Labute approximate surface area is 54.4 Å². The molecule has 0 atom stereocenters. The summed E-state index contributed by atoms with van der Waals surface area (Å²) in [6.45, 7) is 1.18. The molecular weight excluding hydrogens is 217 g/mol. The molecule has 0 heterocycles. The van der Waals surface area contributed by atoms with Crippen molar-refractivity contribution in [2.24, 2.45) is 0 Å². The minimum absolute atomic E-state index is 1.18. The average molecular weight is 218 g/mol. The molecule has 0 aromatic rings. The van der Waals surface area contributed by atoms with Gasteiger partial charge in [0.15, 0.2) is 0 Å². The summed E-state index contributed by atoms with van der Waals surface area (Å²) in [5.74, 6) is 0. The van der Waals surface area contributed by atoms with Crippen molar-refractivity contribution in [2.75, 3.05) is 0 Å². The molecule has 0 aliphatic heterocycles. The van der Waals surface area contributed by atoms with Crippen LogP contribution in [0.15, 0.2) is 0 Å². The Kier molecular flexibility index (Phi) is 11.2. The van der Waals surface area contributed by atoms with Gasteiger partial charge >= 0.3 is 54.1 Å². The number of hydrogen-bond donors (Lipinski definition) is 0. The van der Waals surface area contributed by atoms with Crippen molar-refractivity contribution >= 4 is 54.1 Å². The second kappa shape index (κ2) is 8.36. The molecule has 0 unspecified atom stereocenters. The van der Waals surface area contributed by atoms with Crippen molar-refractivity contribution in [1.29, 1.82) is 0 Å². The Morgan fingerprint density at radius 3 is 2.29 bits per heavy atom. The zero-order valence-corrected chi connectivity index (χ0v) is 9.55. The van der Waals surface area contributed by atoms with E-state index < -0.39 is 0 Å². The molecule has 0 bridgehead atoms. The fourth-order valence-corrected chi connectivity index (χ4v) is 13.6. The van der Waals surface area contributed by atoms with E-state index >= 15 is 0 Å². The van der Waals surface area contributed by atoms with Crippen LogP contribution in [0, 0.1) is 0 Å². The molecule has 0 rings (SSSR count). The zero-order valence-electron chi connectivity index (χ0n) is 3.18. The van der Waals surface area contributed by atoms with Crippen LogP contribution >= 0.6 is 54.1 Å². The first-order valence-electron chi connectivity index (χ1n) is 1.22. The third-order valence-corrected chi connectivity index (χ3v) is 13.3. The van der Waals surface area contributed by atoms with Gasteiger partial charge < -0.3 is 0 Å². The normalized spacial score (nSPS) is 10.7. The van der Waals surface area contributed by atoms with E-state index in [1.165, 1.54) is 37.2 Å². The Hall–Kier alpha value is 2.36. The molecular formula is HP7. The number of rotatable bonds is 2. The molecule has 7 heteroatoms. The molecule has 0 aromatic heterocycles. The molecule has 0 saturated heterocycles. The summed E-state index contributed by atoms with van der Waals surface area (Å²) in [4.78, 5) is 0. The molecule has 0 fully saturated rings. The molecule has 0 nitrogen and oxygen atoms in total. The quantitative estimate of drug-likeness (QED) is 0.516. The van der Waals surface area contributed by atoms with Crippen molar-refractivity contribution in [3.63, 3.8) is 0 Å². The summed E-state index contributed by atoms with van der Waals surface area (Å²) < 4.78 is 0. The van der Waals surface area contributed by atoms with Crippen LogP contribution in [0.1, 0.15) is 0 Å². The van der Waals surface area contributed by atoms with E-state index in [4.69, 9.17) is 0 Å². The van der Waals surface area contributed by atoms with Crippen LogP contribution in [0.3, 0.4) is 0 Å². The summed E-state index contributed by atoms with van der Waals surface area (Å²) in [6, 6.07) is 0. The van der Waals surface area contributed by atoms with Crippen LogP contribution in [-0.4, -0.2) is 0 Å². The summed E-state index contributed by atoms with van der Waals surface area (Å²) in [6.07, 6.45) is 0. The molecule has 7 heavy (non-hydrogen) atoms. The van der Waals surface area contributed by atoms with Gasteiger partial charge in [0, 0.05) is 0 Å². The van der Waals surface area contributed by atoms with E-state index in [1.807, 2.05) is 0 Å². The molecule has 0 aliphatic rings. The summed E-state index contributed by atoms with van der Waals surface area (Å²) in [5.41, 5.74) is 0. The third kappa shape index (κ3) is 8.36. The van der Waals surface area contributed by atoms with E-state index in [9.17, 15) is 0 Å². The summed E-state index contributed by atoms with van der Waals surface area (Å²) in [7, 11) is 12.9. The summed E-state index contributed by atoms with van der Waals surface area (Å²) in [5, 5.41) is 0. The molecule has 0 aliphatic carbocycles. The first-order valence-corrected chi connectivity index (χ1v) is 11.0. The van der Waals surface area contributed by atoms with Crippen LogP contribution in [0.2, 0.25) is 0 Å². The third-order valence-electron chi connectivity index (χ3n) is 0.165. The van der Waals surface area contributed by atoms with Crippen LogP contribution in [0.4, 0.5) is 0 Å². The van der Waals surface area contributed by atoms with E-state index in [0.29, 0.717) is 0 Å². The number of hydrogen-bond acceptors (Lipinski definition) is 0. The molecule has 0 aromatic carbocycles. The predicted octanol–water partition coefficient (Wildman–Crippen LogP) is 5.76. The van der Waals surface area contributed by atoms with Gasteiger partial charge in [-0.15, -0.1) is 0 Å². The fourth-order valence-electron chi connectivity index (χ4n) is 0.0558. The van der Waals surface area contributed by atoms with Crippen molar-refractivity contribution in [3.8, 4) is 0 Å². The molecule has 0 N–H and O–H groups in total. The first kappa shape index (κ1) is 9.36. The van der Waals surface area contributed by atoms with Crippen molar-refractivity contribution in [3.05, 3.63) is 0 Å². The molecule has 0 amide bonds. The van der Waals surface area contributed by atoms with Crippen LogP contribution in [0.25, 0.3) is 0 Å². The average Bonchev–Trinajstić information content (AvgIpc) is 1.69. The van der Waals surface area contributed by atoms with Gasteiger partial charge in [-0.3, -0.25) is 0 Å². The van der Waals surface area contributed by atoms with E-state index in [-0.39, 0.29) is 0 Å². The Morgan fingerprint density at radius 2 is 1.86 bits per heavy atom. The topological polar surface area (TPSA) is 0 Å². The van der Waals surface area contributed by atoms with Gasteiger partial charge in [-0.05, 0) is 0 Å². The maximum absolute atomic E-state index is 4.02. The monoisotopic (exact) mass is 218 g/mol. The minimum atomic E-state index is 1.18. The van der Waals surface area contributed by atoms with E-state index in [2.05, 4.69) is 16.9 Å². The van der Waals surface area contributed by atoms with Crippen LogP contribution < -0.4 is 0 Å². The van der Waals surface area contributed by atoms with Gasteiger partial charge in [0.25, 0.3) is 0 Å². The standard InChI is InChI=1S/HP7/c1-3-5-7-6-4-2/h1H. The van der Waals surface area contributed by atoms with Gasteiger partial charge in [0.1, 0.15) is 0 Å². The van der Waals surface area contributed by atoms with Crippen molar-refractivity contribution in [1.82, 2.24) is 0 Å². The van der Waals surface area contributed by atoms with Gasteiger partial charge in [0.05, 0.1) is 0 Å². The van der Waals surface area contributed by atoms with Crippen molar-refractivity contribution < 1.29 is 0 Å². The Bertz CT molecular complexity index is 145. The second-order valence-corrected chi connectivity index (χ2v) is 12.4. The SMILES string of the molecule is P#P=PP=PP=P. The van der Waals surface area contributed by atoms with Gasteiger partial charge in [0.2, 0.25) is 0 Å². The fraction of sp³-hybridized carbons (Fsp3) is 0. The molecule has 36 valence electrons. The van der Waals surface area contributed by atoms with Gasteiger partial charge in [-0.2, -0.15) is 0 Å². The Morgan fingerprint density at radius 1 is 1.14 bits per heavy atom. The van der Waals surface area contributed by atoms with Crippen molar-refractivity contribution in [2.45, 2.75) is 0 Å². The van der Waals surface area contributed by atoms with Gasteiger partial charge in [-0.1, -0.05) is 0 Å². The molecule has 0 saturated carbocycles. The molecule has 0 spiro atoms. The Balaban J connectivity index is 3.54. The van der Waals surface area contributed by atoms with Crippen LogP contribution in [-0.2, 0) is 0 Å².